The SMILES string of the molecule is Cc1ccc(Br)cc1OCc1cc(F)cc(C(=N)N)c1. The summed E-state index contributed by atoms with van der Waals surface area (Å²) >= 11 is 3.38. The van der Waals surface area contributed by atoms with E-state index < -0.39 is 5.82 Å². The van der Waals surface area contributed by atoms with E-state index in [1.807, 2.05) is 25.1 Å². The number of nitrogen functional groups attached to an aromatic ring is 1. The first-order valence-corrected chi connectivity index (χ1v) is 6.78. The standard InChI is InChI=1S/C15H14BrFN2O/c1-9-2-3-12(16)7-14(9)20-8-10-4-11(15(18)19)6-13(17)5-10/h2-7H,8H2,1H3,(H3,18,19). The summed E-state index contributed by atoms with van der Waals surface area (Å²) in [6, 6.07) is 9.99. The zero-order chi connectivity index (χ0) is 14.7. The lowest BCUT2D eigenvalue weighted by molar-refractivity contribution is 0.303. The van der Waals surface area contributed by atoms with Crippen LogP contribution in [0.4, 0.5) is 4.39 Å². The van der Waals surface area contributed by atoms with Crippen LogP contribution >= 0.6 is 15.9 Å². The van der Waals surface area contributed by atoms with Gasteiger partial charge in [0.1, 0.15) is 24.0 Å². The van der Waals surface area contributed by atoms with E-state index >= 15 is 0 Å². The van der Waals surface area contributed by atoms with Crippen LogP contribution in [0.1, 0.15) is 16.7 Å². The van der Waals surface area contributed by atoms with Gasteiger partial charge < -0.3 is 10.5 Å². The molecule has 2 aromatic rings. The predicted molar refractivity (Wildman–Crippen MR) is 80.6 cm³/mol. The van der Waals surface area contributed by atoms with Crippen LogP contribution in [0.25, 0.3) is 0 Å². The van der Waals surface area contributed by atoms with E-state index in [1.54, 1.807) is 6.07 Å². The molecule has 2 rings (SSSR count). The predicted octanol–water partition coefficient (Wildman–Crippen LogP) is 3.76. The number of nitrogens with one attached hydrogen (secondary N) is 1. The fraction of sp³-hybridized carbons (Fsp3) is 0.133. The third-order valence-electron chi connectivity index (χ3n) is 2.81. The Balaban J connectivity index is 2.18. The van der Waals surface area contributed by atoms with Crippen LogP contribution in [-0.2, 0) is 6.61 Å². The van der Waals surface area contributed by atoms with Crippen molar-refractivity contribution in [2.75, 3.05) is 0 Å². The van der Waals surface area contributed by atoms with Gasteiger partial charge in [0.2, 0.25) is 0 Å². The average molecular weight is 337 g/mol. The normalized spacial score (nSPS) is 10.3. The van der Waals surface area contributed by atoms with Crippen molar-refractivity contribution in [3.63, 3.8) is 0 Å². The van der Waals surface area contributed by atoms with Gasteiger partial charge in [-0.15, -0.1) is 0 Å². The van der Waals surface area contributed by atoms with Gasteiger partial charge in [0.15, 0.2) is 0 Å². The van der Waals surface area contributed by atoms with Gasteiger partial charge in [-0.2, -0.15) is 0 Å². The number of aryl methyl sites for hydroxylation is 1. The minimum Gasteiger partial charge on any atom is -0.489 e. The third kappa shape index (κ3) is 3.57. The summed E-state index contributed by atoms with van der Waals surface area (Å²) in [4.78, 5) is 0. The molecule has 2 aromatic carbocycles. The monoisotopic (exact) mass is 336 g/mol. The minimum absolute atomic E-state index is 0.163. The molecule has 0 aliphatic carbocycles. The number of rotatable bonds is 4. The molecule has 3 nitrogen and oxygen atoms in total. The number of hydrogen-bond donors (Lipinski definition) is 2. The Morgan fingerprint density at radius 3 is 2.75 bits per heavy atom. The first-order chi connectivity index (χ1) is 9.45. The Morgan fingerprint density at radius 1 is 1.30 bits per heavy atom. The van der Waals surface area contributed by atoms with Crippen molar-refractivity contribution in [3.8, 4) is 5.75 Å². The van der Waals surface area contributed by atoms with Crippen molar-refractivity contribution in [2.24, 2.45) is 5.73 Å². The van der Waals surface area contributed by atoms with Gasteiger partial charge in [-0.1, -0.05) is 22.0 Å². The minimum atomic E-state index is -0.428. The third-order valence-corrected chi connectivity index (χ3v) is 3.31. The van der Waals surface area contributed by atoms with Gasteiger partial charge in [-0.05, 0) is 48.4 Å². The van der Waals surface area contributed by atoms with Crippen molar-refractivity contribution in [1.29, 1.82) is 5.41 Å². The number of nitrogens with two attached hydrogens (primary N) is 1. The summed E-state index contributed by atoms with van der Waals surface area (Å²) in [7, 11) is 0. The van der Waals surface area contributed by atoms with E-state index in [2.05, 4.69) is 15.9 Å². The summed E-state index contributed by atoms with van der Waals surface area (Å²) in [5, 5.41) is 7.35. The molecule has 5 heteroatoms. The van der Waals surface area contributed by atoms with Crippen LogP contribution < -0.4 is 10.5 Å². The van der Waals surface area contributed by atoms with Gasteiger partial charge in [-0.25, -0.2) is 4.39 Å². The summed E-state index contributed by atoms with van der Waals surface area (Å²) < 4.78 is 20.0. The molecule has 0 aliphatic rings. The smallest absolute Gasteiger partial charge is 0.124 e. The van der Waals surface area contributed by atoms with Crippen molar-refractivity contribution in [1.82, 2.24) is 0 Å². The fourth-order valence-corrected chi connectivity index (χ4v) is 2.12. The van der Waals surface area contributed by atoms with E-state index in [4.69, 9.17) is 15.9 Å². The molecule has 0 atom stereocenters. The van der Waals surface area contributed by atoms with Gasteiger partial charge in [0, 0.05) is 10.0 Å². The molecule has 20 heavy (non-hydrogen) atoms. The highest BCUT2D eigenvalue weighted by molar-refractivity contribution is 9.10. The Labute approximate surface area is 125 Å². The first kappa shape index (κ1) is 14.5. The largest absolute Gasteiger partial charge is 0.489 e. The quantitative estimate of drug-likeness (QED) is 0.659. The summed E-state index contributed by atoms with van der Waals surface area (Å²) in [5.74, 6) is 0.139. The molecule has 0 aliphatic heterocycles. The Hall–Kier alpha value is -1.88. The Kier molecular flexibility index (Phi) is 4.39. The lowest BCUT2D eigenvalue weighted by Gasteiger charge is -2.10. The van der Waals surface area contributed by atoms with Crippen LogP contribution in [0.15, 0.2) is 40.9 Å². The summed E-state index contributed by atoms with van der Waals surface area (Å²) in [6.45, 7) is 2.16. The fourth-order valence-electron chi connectivity index (χ4n) is 1.78. The van der Waals surface area contributed by atoms with Crippen LogP contribution in [0, 0.1) is 18.2 Å². The molecule has 0 fully saturated rings. The summed E-state index contributed by atoms with van der Waals surface area (Å²) in [5.41, 5.74) is 7.36. The maximum atomic E-state index is 13.4. The topological polar surface area (TPSA) is 59.1 Å². The van der Waals surface area contributed by atoms with Crippen molar-refractivity contribution < 1.29 is 9.13 Å². The van der Waals surface area contributed by atoms with Crippen molar-refractivity contribution >= 4 is 21.8 Å². The zero-order valence-electron chi connectivity index (χ0n) is 10.9. The Bertz CT molecular complexity index is 658. The second-order valence-electron chi connectivity index (χ2n) is 4.46. The molecular weight excluding hydrogens is 323 g/mol. The highest BCUT2D eigenvalue weighted by Gasteiger charge is 2.06. The number of halogens is 2. The van der Waals surface area contributed by atoms with E-state index in [1.165, 1.54) is 12.1 Å². The van der Waals surface area contributed by atoms with Gasteiger partial charge in [0.05, 0.1) is 0 Å². The van der Waals surface area contributed by atoms with E-state index in [9.17, 15) is 4.39 Å². The highest BCUT2D eigenvalue weighted by Crippen LogP contribution is 2.24. The van der Waals surface area contributed by atoms with Crippen molar-refractivity contribution in [3.05, 3.63) is 63.4 Å². The molecule has 0 bridgehead atoms. The molecular formula is C15H14BrFN2O. The molecule has 0 saturated heterocycles. The molecule has 3 N–H and O–H groups in total. The van der Waals surface area contributed by atoms with Crippen LogP contribution in [0.2, 0.25) is 0 Å². The van der Waals surface area contributed by atoms with Gasteiger partial charge >= 0.3 is 0 Å². The number of ether oxygens (including phenoxy) is 1. The molecule has 0 radical (unpaired) electrons. The average Bonchev–Trinajstić information content (AvgIpc) is 2.39. The van der Waals surface area contributed by atoms with Gasteiger partial charge in [0.25, 0.3) is 0 Å². The van der Waals surface area contributed by atoms with Crippen LogP contribution in [-0.4, -0.2) is 5.84 Å². The molecule has 0 heterocycles. The molecule has 0 saturated carbocycles. The summed E-state index contributed by atoms with van der Waals surface area (Å²) in [6.07, 6.45) is 0. The van der Waals surface area contributed by atoms with E-state index in [-0.39, 0.29) is 12.4 Å². The molecule has 0 spiro atoms. The number of amidine groups is 1. The van der Waals surface area contributed by atoms with E-state index in [0.717, 1.165) is 15.8 Å². The number of benzene rings is 2. The first-order valence-electron chi connectivity index (χ1n) is 5.98. The second kappa shape index (κ2) is 6.05. The van der Waals surface area contributed by atoms with Crippen LogP contribution in [0.3, 0.4) is 0 Å². The lowest BCUT2D eigenvalue weighted by atomic mass is 10.1. The molecule has 0 amide bonds. The maximum absolute atomic E-state index is 13.4. The second-order valence-corrected chi connectivity index (χ2v) is 5.38. The molecule has 104 valence electrons. The highest BCUT2D eigenvalue weighted by atomic mass is 79.9. The van der Waals surface area contributed by atoms with Crippen LogP contribution in [0.5, 0.6) is 5.75 Å². The van der Waals surface area contributed by atoms with E-state index in [0.29, 0.717) is 11.1 Å². The lowest BCUT2D eigenvalue weighted by Crippen LogP contribution is -2.12. The zero-order valence-corrected chi connectivity index (χ0v) is 12.5. The Morgan fingerprint density at radius 2 is 2.05 bits per heavy atom. The number of hydrogen-bond acceptors (Lipinski definition) is 2. The maximum Gasteiger partial charge on any atom is 0.124 e. The molecule has 0 aromatic heterocycles. The van der Waals surface area contributed by atoms with Gasteiger partial charge in [-0.3, -0.25) is 5.41 Å². The molecule has 0 unspecified atom stereocenters. The van der Waals surface area contributed by atoms with Crippen molar-refractivity contribution in [2.45, 2.75) is 13.5 Å².